The van der Waals surface area contributed by atoms with Crippen molar-refractivity contribution in [2.45, 2.75) is 38.6 Å². The molecule has 1 saturated carbocycles. The first kappa shape index (κ1) is 15.2. The molecule has 0 atom stereocenters. The molecule has 1 N–H and O–H groups in total. The van der Waals surface area contributed by atoms with E-state index in [2.05, 4.69) is 15.4 Å². The van der Waals surface area contributed by atoms with E-state index in [0.717, 1.165) is 25.7 Å². The third-order valence-corrected chi connectivity index (χ3v) is 4.72. The van der Waals surface area contributed by atoms with Crippen molar-refractivity contribution in [2.24, 2.45) is 0 Å². The summed E-state index contributed by atoms with van der Waals surface area (Å²) in [6.07, 6.45) is 4.36. The molecule has 1 amide bonds. The maximum Gasteiger partial charge on any atom is 0.325 e. The molecule has 0 radical (unpaired) electrons. The fourth-order valence-electron chi connectivity index (χ4n) is 3.18. The van der Waals surface area contributed by atoms with E-state index in [9.17, 15) is 4.79 Å². The first-order valence-electron chi connectivity index (χ1n) is 8.05. The van der Waals surface area contributed by atoms with Crippen LogP contribution < -0.4 is 5.32 Å². The Morgan fingerprint density at radius 3 is 2.83 bits per heavy atom. The van der Waals surface area contributed by atoms with Crippen LogP contribution in [0.15, 0.2) is 28.7 Å². The van der Waals surface area contributed by atoms with E-state index in [1.807, 2.05) is 18.2 Å². The maximum absolute atomic E-state index is 12.6. The summed E-state index contributed by atoms with van der Waals surface area (Å²) in [4.78, 5) is 17.0. The van der Waals surface area contributed by atoms with E-state index in [-0.39, 0.29) is 11.9 Å². The van der Waals surface area contributed by atoms with Gasteiger partial charge in [0, 0.05) is 11.6 Å². The molecule has 0 aliphatic heterocycles. The van der Waals surface area contributed by atoms with Crippen molar-refractivity contribution < 1.29 is 9.21 Å². The number of oxazole rings is 1. The van der Waals surface area contributed by atoms with Crippen molar-refractivity contribution in [3.8, 4) is 11.4 Å². The van der Waals surface area contributed by atoms with Gasteiger partial charge >= 0.3 is 5.84 Å². The second kappa shape index (κ2) is 5.94. The lowest BCUT2D eigenvalue weighted by atomic mass is 10.2. The first-order chi connectivity index (χ1) is 11.6. The number of benzene rings is 1. The highest BCUT2D eigenvalue weighted by Gasteiger charge is 2.25. The van der Waals surface area contributed by atoms with E-state index in [1.165, 1.54) is 4.52 Å². The fourth-order valence-corrected chi connectivity index (χ4v) is 3.40. The predicted octanol–water partition coefficient (Wildman–Crippen LogP) is 3.62. The minimum absolute atomic E-state index is 0.172. The second-order valence-electron chi connectivity index (χ2n) is 6.07. The van der Waals surface area contributed by atoms with Gasteiger partial charge in [0.25, 0.3) is 5.91 Å². The molecular weight excluding hydrogens is 328 g/mol. The number of amides is 1. The van der Waals surface area contributed by atoms with Crippen molar-refractivity contribution in [1.29, 1.82) is 0 Å². The van der Waals surface area contributed by atoms with Crippen LogP contribution in [0.1, 0.15) is 41.9 Å². The van der Waals surface area contributed by atoms with Crippen molar-refractivity contribution in [3.05, 3.63) is 40.7 Å². The number of halogens is 1. The number of hydrogen-bond donors (Lipinski definition) is 1. The number of fused-ring (bicyclic) bond motifs is 1. The summed E-state index contributed by atoms with van der Waals surface area (Å²) in [7, 11) is 0. The van der Waals surface area contributed by atoms with E-state index >= 15 is 0 Å². The van der Waals surface area contributed by atoms with Gasteiger partial charge in [-0.1, -0.05) is 36.6 Å². The zero-order valence-electron chi connectivity index (χ0n) is 13.3. The van der Waals surface area contributed by atoms with E-state index < -0.39 is 0 Å². The number of carbonyl (C=O) groups excluding carboxylic acids is 1. The molecule has 1 aliphatic rings. The number of rotatable bonds is 3. The molecule has 2 heterocycles. The average molecular weight is 345 g/mol. The van der Waals surface area contributed by atoms with Gasteiger partial charge in [0.2, 0.25) is 0 Å². The predicted molar refractivity (Wildman–Crippen MR) is 90.2 cm³/mol. The molecule has 3 aromatic rings. The van der Waals surface area contributed by atoms with E-state index in [0.29, 0.717) is 33.7 Å². The summed E-state index contributed by atoms with van der Waals surface area (Å²) >= 11 is 6.20. The molecule has 7 heteroatoms. The number of nitrogens with zero attached hydrogens (tertiary/aromatic N) is 3. The number of aryl methyl sites for hydroxylation is 1. The highest BCUT2D eigenvalue weighted by atomic mass is 35.5. The Morgan fingerprint density at radius 2 is 2.08 bits per heavy atom. The van der Waals surface area contributed by atoms with Gasteiger partial charge in [-0.25, -0.2) is 0 Å². The molecule has 0 unspecified atom stereocenters. The molecule has 0 spiro atoms. The lowest BCUT2D eigenvalue weighted by Gasteiger charge is -2.10. The molecule has 6 nitrogen and oxygen atoms in total. The van der Waals surface area contributed by atoms with Gasteiger partial charge in [-0.2, -0.15) is 9.50 Å². The minimum Gasteiger partial charge on any atom is -0.427 e. The molecule has 1 aromatic carbocycles. The normalized spacial score (nSPS) is 15.2. The maximum atomic E-state index is 12.6. The third kappa shape index (κ3) is 2.57. The smallest absolute Gasteiger partial charge is 0.325 e. The average Bonchev–Trinajstić information content (AvgIpc) is 3.23. The Kier molecular flexibility index (Phi) is 3.76. The van der Waals surface area contributed by atoms with Crippen molar-refractivity contribution in [3.63, 3.8) is 0 Å². The Bertz CT molecular complexity index is 909. The van der Waals surface area contributed by atoms with Gasteiger partial charge < -0.3 is 9.73 Å². The van der Waals surface area contributed by atoms with Crippen LogP contribution in [0.2, 0.25) is 5.02 Å². The molecule has 0 saturated heterocycles. The topological polar surface area (TPSA) is 72.4 Å². The Labute approximate surface area is 143 Å². The minimum atomic E-state index is -0.172. The highest BCUT2D eigenvalue weighted by molar-refractivity contribution is 6.33. The highest BCUT2D eigenvalue weighted by Crippen LogP contribution is 2.27. The molecule has 1 aliphatic carbocycles. The molecule has 24 heavy (non-hydrogen) atoms. The van der Waals surface area contributed by atoms with Crippen LogP contribution in [-0.4, -0.2) is 26.5 Å². The van der Waals surface area contributed by atoms with Gasteiger partial charge in [0.1, 0.15) is 5.76 Å². The summed E-state index contributed by atoms with van der Waals surface area (Å²) in [5, 5.41) is 8.04. The van der Waals surface area contributed by atoms with Crippen LogP contribution in [0.25, 0.3) is 17.2 Å². The van der Waals surface area contributed by atoms with E-state index in [4.69, 9.17) is 16.0 Å². The summed E-state index contributed by atoms with van der Waals surface area (Å²) in [5.74, 6) is 1.06. The fraction of sp³-hybridized carbons (Fsp3) is 0.353. The number of aromatic nitrogens is 3. The Hall–Kier alpha value is -2.34. The third-order valence-electron chi connectivity index (χ3n) is 4.39. The molecule has 0 bridgehead atoms. The number of hydrogen-bond acceptors (Lipinski definition) is 4. The molecule has 124 valence electrons. The van der Waals surface area contributed by atoms with Gasteiger partial charge in [-0.05, 0) is 31.9 Å². The van der Waals surface area contributed by atoms with Gasteiger partial charge in [-0.3, -0.25) is 4.79 Å². The molecule has 1 fully saturated rings. The van der Waals surface area contributed by atoms with Gasteiger partial charge in [0.05, 0.1) is 5.02 Å². The zero-order chi connectivity index (χ0) is 16.7. The quantitative estimate of drug-likeness (QED) is 0.787. The standard InChI is InChI=1S/C17H17ClN4O2/c1-10-14(16(23)19-11-6-2-3-7-11)22-17(24-10)20-15(21-22)12-8-4-5-9-13(12)18/h4-5,8-9,11H,2-3,6-7H2,1H3,(H,19,23). The Balaban J connectivity index is 1.72. The van der Waals surface area contributed by atoms with Gasteiger partial charge in [0.15, 0.2) is 11.5 Å². The van der Waals surface area contributed by atoms with Crippen LogP contribution >= 0.6 is 11.6 Å². The van der Waals surface area contributed by atoms with E-state index in [1.54, 1.807) is 13.0 Å². The first-order valence-corrected chi connectivity index (χ1v) is 8.43. The van der Waals surface area contributed by atoms with Crippen LogP contribution in [0, 0.1) is 6.92 Å². The van der Waals surface area contributed by atoms with Crippen LogP contribution in [0.3, 0.4) is 0 Å². The van der Waals surface area contributed by atoms with Crippen molar-refractivity contribution in [2.75, 3.05) is 0 Å². The second-order valence-corrected chi connectivity index (χ2v) is 6.48. The van der Waals surface area contributed by atoms with Crippen molar-refractivity contribution >= 4 is 23.4 Å². The molecular formula is C17H17ClN4O2. The summed E-state index contributed by atoms with van der Waals surface area (Å²) in [6.45, 7) is 1.75. The summed E-state index contributed by atoms with van der Waals surface area (Å²) in [5.41, 5.74) is 1.10. The molecule has 2 aromatic heterocycles. The van der Waals surface area contributed by atoms with Crippen LogP contribution in [0.5, 0.6) is 0 Å². The monoisotopic (exact) mass is 344 g/mol. The lowest BCUT2D eigenvalue weighted by molar-refractivity contribution is 0.0929. The number of nitrogens with one attached hydrogen (secondary N) is 1. The summed E-state index contributed by atoms with van der Waals surface area (Å²) in [6, 6.07) is 7.55. The largest absolute Gasteiger partial charge is 0.427 e. The molecule has 4 rings (SSSR count). The SMILES string of the molecule is Cc1oc2nc(-c3ccccc3Cl)nn2c1C(=O)NC1CCCC1. The number of carbonyl (C=O) groups is 1. The summed E-state index contributed by atoms with van der Waals surface area (Å²) < 4.78 is 7.07. The van der Waals surface area contributed by atoms with Crippen molar-refractivity contribution in [1.82, 2.24) is 19.9 Å². The van der Waals surface area contributed by atoms with Crippen LogP contribution in [0.4, 0.5) is 0 Å². The van der Waals surface area contributed by atoms with Gasteiger partial charge in [-0.15, -0.1) is 5.10 Å². The Morgan fingerprint density at radius 1 is 1.33 bits per heavy atom. The lowest BCUT2D eigenvalue weighted by Crippen LogP contribution is -2.33. The zero-order valence-corrected chi connectivity index (χ0v) is 14.0. The van der Waals surface area contributed by atoms with Crippen LogP contribution in [-0.2, 0) is 0 Å².